The number of hydrogen-bond acceptors (Lipinski definition) is 4. The van der Waals surface area contributed by atoms with Gasteiger partial charge in [-0.3, -0.25) is 19.5 Å². The molecule has 106 valence electrons. The largest absolute Gasteiger partial charge is 0.298 e. The molecule has 3 heterocycles. The van der Waals surface area contributed by atoms with Crippen molar-refractivity contribution in [3.8, 4) is 0 Å². The Kier molecular flexibility index (Phi) is 4.06. The number of aryl methyl sites for hydroxylation is 1. The summed E-state index contributed by atoms with van der Waals surface area (Å²) in [4.78, 5) is 11.1. The number of piperidine rings is 1. The molecule has 1 saturated heterocycles. The van der Waals surface area contributed by atoms with Crippen LogP contribution in [0.4, 0.5) is 0 Å². The van der Waals surface area contributed by atoms with E-state index < -0.39 is 0 Å². The Bertz CT molecular complexity index is 536. The quantitative estimate of drug-likeness (QED) is 0.854. The molecule has 3 rings (SSSR count). The van der Waals surface area contributed by atoms with Gasteiger partial charge in [-0.2, -0.15) is 5.10 Å². The predicted molar refractivity (Wildman–Crippen MR) is 77.2 cm³/mol. The van der Waals surface area contributed by atoms with Crippen LogP contribution in [0.2, 0.25) is 0 Å². The van der Waals surface area contributed by atoms with Gasteiger partial charge in [0.2, 0.25) is 0 Å². The molecule has 0 aromatic carbocycles. The Labute approximate surface area is 119 Å². The Morgan fingerprint density at radius 3 is 3.00 bits per heavy atom. The van der Waals surface area contributed by atoms with Crippen LogP contribution in [0.3, 0.4) is 0 Å². The highest BCUT2D eigenvalue weighted by Gasteiger charge is 2.22. The number of aromatic nitrogens is 4. The lowest BCUT2D eigenvalue weighted by atomic mass is 9.95. The predicted octanol–water partition coefficient (Wildman–Crippen LogP) is 2.07. The van der Waals surface area contributed by atoms with Crippen molar-refractivity contribution in [3.63, 3.8) is 0 Å². The van der Waals surface area contributed by atoms with E-state index in [9.17, 15) is 0 Å². The van der Waals surface area contributed by atoms with Gasteiger partial charge in [0.25, 0.3) is 0 Å². The van der Waals surface area contributed by atoms with Gasteiger partial charge in [0, 0.05) is 55.9 Å². The zero-order chi connectivity index (χ0) is 13.8. The lowest BCUT2D eigenvalue weighted by Gasteiger charge is -2.31. The SMILES string of the molecule is CCn1cc(CN2CCC[C@@H](c3cnccn3)C2)cn1. The molecule has 0 spiro atoms. The molecule has 0 N–H and O–H groups in total. The van der Waals surface area contributed by atoms with Crippen molar-refractivity contribution in [1.82, 2.24) is 24.6 Å². The van der Waals surface area contributed by atoms with Crippen LogP contribution in [-0.4, -0.2) is 37.7 Å². The first-order valence-electron chi connectivity index (χ1n) is 7.34. The fraction of sp³-hybridized carbons (Fsp3) is 0.533. The molecule has 1 atom stereocenters. The second-order valence-corrected chi connectivity index (χ2v) is 5.41. The van der Waals surface area contributed by atoms with Crippen molar-refractivity contribution in [2.45, 2.75) is 38.8 Å². The second kappa shape index (κ2) is 6.13. The van der Waals surface area contributed by atoms with Crippen molar-refractivity contribution >= 4 is 0 Å². The van der Waals surface area contributed by atoms with E-state index in [2.05, 4.69) is 33.1 Å². The number of likely N-dealkylation sites (tertiary alicyclic amines) is 1. The first-order valence-corrected chi connectivity index (χ1v) is 7.34. The molecule has 0 aliphatic carbocycles. The second-order valence-electron chi connectivity index (χ2n) is 5.41. The lowest BCUT2D eigenvalue weighted by molar-refractivity contribution is 0.198. The smallest absolute Gasteiger partial charge is 0.0630 e. The molecular formula is C15H21N5. The summed E-state index contributed by atoms with van der Waals surface area (Å²) in [6, 6.07) is 0. The Morgan fingerprint density at radius 1 is 1.30 bits per heavy atom. The van der Waals surface area contributed by atoms with E-state index in [1.165, 1.54) is 18.4 Å². The van der Waals surface area contributed by atoms with Crippen LogP contribution in [0.1, 0.15) is 36.9 Å². The zero-order valence-electron chi connectivity index (χ0n) is 11.9. The van der Waals surface area contributed by atoms with Crippen LogP contribution in [0, 0.1) is 0 Å². The van der Waals surface area contributed by atoms with E-state index in [1.807, 2.05) is 17.1 Å². The van der Waals surface area contributed by atoms with Gasteiger partial charge in [-0.05, 0) is 26.3 Å². The zero-order valence-corrected chi connectivity index (χ0v) is 11.9. The molecule has 0 bridgehead atoms. The van der Waals surface area contributed by atoms with Gasteiger partial charge in [-0.1, -0.05) is 0 Å². The number of rotatable bonds is 4. The summed E-state index contributed by atoms with van der Waals surface area (Å²) in [6.07, 6.45) is 12.0. The lowest BCUT2D eigenvalue weighted by Crippen LogP contribution is -2.34. The minimum Gasteiger partial charge on any atom is -0.298 e. The van der Waals surface area contributed by atoms with Crippen LogP contribution < -0.4 is 0 Å². The van der Waals surface area contributed by atoms with Gasteiger partial charge in [-0.25, -0.2) is 0 Å². The number of hydrogen-bond donors (Lipinski definition) is 0. The van der Waals surface area contributed by atoms with Gasteiger partial charge in [0.15, 0.2) is 0 Å². The molecule has 5 nitrogen and oxygen atoms in total. The highest BCUT2D eigenvalue weighted by atomic mass is 15.3. The molecule has 0 saturated carbocycles. The summed E-state index contributed by atoms with van der Waals surface area (Å²) < 4.78 is 1.99. The Morgan fingerprint density at radius 2 is 2.25 bits per heavy atom. The summed E-state index contributed by atoms with van der Waals surface area (Å²) in [5.74, 6) is 0.513. The summed E-state index contributed by atoms with van der Waals surface area (Å²) in [5, 5.41) is 4.35. The molecule has 0 radical (unpaired) electrons. The fourth-order valence-electron chi connectivity index (χ4n) is 2.88. The van der Waals surface area contributed by atoms with E-state index in [4.69, 9.17) is 0 Å². The summed E-state index contributed by atoms with van der Waals surface area (Å²) in [7, 11) is 0. The van der Waals surface area contributed by atoms with E-state index in [0.29, 0.717) is 5.92 Å². The van der Waals surface area contributed by atoms with E-state index in [0.717, 1.165) is 31.9 Å². The maximum atomic E-state index is 4.46. The molecule has 0 unspecified atom stereocenters. The van der Waals surface area contributed by atoms with E-state index in [1.54, 1.807) is 12.4 Å². The molecule has 2 aromatic heterocycles. The van der Waals surface area contributed by atoms with E-state index in [-0.39, 0.29) is 0 Å². The van der Waals surface area contributed by atoms with Gasteiger partial charge in [0.1, 0.15) is 0 Å². The normalized spacial score (nSPS) is 20.1. The van der Waals surface area contributed by atoms with Gasteiger partial charge in [0.05, 0.1) is 11.9 Å². The molecule has 2 aromatic rings. The van der Waals surface area contributed by atoms with Crippen LogP contribution in [0.5, 0.6) is 0 Å². The summed E-state index contributed by atoms with van der Waals surface area (Å²) >= 11 is 0. The standard InChI is InChI=1S/C15H21N5/c1-2-20-11-13(8-18-20)10-19-7-3-4-14(12-19)15-9-16-5-6-17-15/h5-6,8-9,11,14H,2-4,7,10,12H2,1H3/t14-/m1/s1. The third kappa shape index (κ3) is 3.04. The fourth-order valence-corrected chi connectivity index (χ4v) is 2.88. The topological polar surface area (TPSA) is 46.8 Å². The van der Waals surface area contributed by atoms with Crippen LogP contribution in [-0.2, 0) is 13.1 Å². The van der Waals surface area contributed by atoms with Crippen molar-refractivity contribution in [2.75, 3.05) is 13.1 Å². The maximum absolute atomic E-state index is 4.46. The number of nitrogens with zero attached hydrogens (tertiary/aromatic N) is 5. The van der Waals surface area contributed by atoms with E-state index >= 15 is 0 Å². The van der Waals surface area contributed by atoms with Gasteiger partial charge >= 0.3 is 0 Å². The van der Waals surface area contributed by atoms with Gasteiger partial charge in [-0.15, -0.1) is 0 Å². The first-order chi connectivity index (χ1) is 9.85. The Hall–Kier alpha value is -1.75. The van der Waals surface area contributed by atoms with Crippen LogP contribution in [0.15, 0.2) is 31.0 Å². The molecular weight excluding hydrogens is 250 g/mol. The first kappa shape index (κ1) is 13.2. The summed E-state index contributed by atoms with van der Waals surface area (Å²) in [6.45, 7) is 6.25. The van der Waals surface area contributed by atoms with Crippen molar-refractivity contribution in [3.05, 3.63) is 42.2 Å². The van der Waals surface area contributed by atoms with Crippen molar-refractivity contribution < 1.29 is 0 Å². The van der Waals surface area contributed by atoms with Gasteiger partial charge < -0.3 is 0 Å². The molecule has 20 heavy (non-hydrogen) atoms. The van der Waals surface area contributed by atoms with Crippen LogP contribution in [0.25, 0.3) is 0 Å². The minimum absolute atomic E-state index is 0.513. The van der Waals surface area contributed by atoms with Crippen molar-refractivity contribution in [1.29, 1.82) is 0 Å². The highest BCUT2D eigenvalue weighted by Crippen LogP contribution is 2.25. The maximum Gasteiger partial charge on any atom is 0.0630 e. The Balaban J connectivity index is 1.63. The minimum atomic E-state index is 0.513. The molecule has 5 heteroatoms. The average Bonchev–Trinajstić information content (AvgIpc) is 2.96. The third-order valence-corrected chi connectivity index (χ3v) is 3.92. The molecule has 1 aliphatic rings. The monoisotopic (exact) mass is 271 g/mol. The molecule has 0 amide bonds. The average molecular weight is 271 g/mol. The molecule has 1 fully saturated rings. The third-order valence-electron chi connectivity index (χ3n) is 3.92. The van der Waals surface area contributed by atoms with Crippen molar-refractivity contribution in [2.24, 2.45) is 0 Å². The van der Waals surface area contributed by atoms with Crippen LogP contribution >= 0.6 is 0 Å². The summed E-state index contributed by atoms with van der Waals surface area (Å²) in [5.41, 5.74) is 2.42. The molecule has 1 aliphatic heterocycles. The highest BCUT2D eigenvalue weighted by molar-refractivity contribution is 5.08.